The maximum atomic E-state index is 13.3. The van der Waals surface area contributed by atoms with Crippen molar-refractivity contribution < 1.29 is 4.79 Å². The van der Waals surface area contributed by atoms with E-state index in [0.29, 0.717) is 23.0 Å². The molecule has 150 valence electrons. The van der Waals surface area contributed by atoms with Crippen LogP contribution in [0.2, 0.25) is 0 Å². The summed E-state index contributed by atoms with van der Waals surface area (Å²) < 4.78 is 1.81. The minimum atomic E-state index is -0.0524. The number of hydrogen-bond donors (Lipinski definition) is 0. The summed E-state index contributed by atoms with van der Waals surface area (Å²) >= 11 is 0. The van der Waals surface area contributed by atoms with E-state index < -0.39 is 0 Å². The minimum absolute atomic E-state index is 0.0109. The van der Waals surface area contributed by atoms with E-state index >= 15 is 0 Å². The molecule has 1 aromatic heterocycles. The van der Waals surface area contributed by atoms with Crippen LogP contribution in [0.4, 0.5) is 5.69 Å². The van der Waals surface area contributed by atoms with Crippen LogP contribution in [-0.2, 0) is 13.0 Å². The zero-order valence-electron chi connectivity index (χ0n) is 16.9. The van der Waals surface area contributed by atoms with E-state index in [1.165, 1.54) is 0 Å². The third-order valence-electron chi connectivity index (χ3n) is 5.61. The van der Waals surface area contributed by atoms with Crippen LogP contribution < -0.4 is 10.5 Å². The van der Waals surface area contributed by atoms with Gasteiger partial charge in [-0.25, -0.2) is 4.98 Å². The Morgan fingerprint density at radius 3 is 2.72 bits per heavy atom. The summed E-state index contributed by atoms with van der Waals surface area (Å²) in [4.78, 5) is 32.9. The molecule has 5 nitrogen and oxygen atoms in total. The number of hydrogen-bond acceptors (Lipinski definition) is 3. The predicted molar refractivity (Wildman–Crippen MR) is 117 cm³/mol. The molecule has 29 heavy (non-hydrogen) atoms. The van der Waals surface area contributed by atoms with Gasteiger partial charge in [-0.15, -0.1) is 0 Å². The van der Waals surface area contributed by atoms with E-state index in [4.69, 9.17) is 4.98 Å². The molecule has 0 radical (unpaired) electrons. The fraction of sp³-hybridized carbons (Fsp3) is 0.375. The Kier molecular flexibility index (Phi) is 5.74. The fourth-order valence-corrected chi connectivity index (χ4v) is 3.98. The average molecular weight is 389 g/mol. The lowest BCUT2D eigenvalue weighted by molar-refractivity contribution is 0.0986. The van der Waals surface area contributed by atoms with Crippen LogP contribution in [0, 0.1) is 0 Å². The van der Waals surface area contributed by atoms with Gasteiger partial charge in [0.15, 0.2) is 0 Å². The van der Waals surface area contributed by atoms with E-state index in [9.17, 15) is 9.59 Å². The van der Waals surface area contributed by atoms with Crippen molar-refractivity contribution >= 4 is 22.5 Å². The number of unbranched alkanes of at least 4 members (excludes halogenated alkanes) is 1. The number of amides is 1. The Morgan fingerprint density at radius 2 is 1.93 bits per heavy atom. The summed E-state index contributed by atoms with van der Waals surface area (Å²) in [5.41, 5.74) is 2.10. The van der Waals surface area contributed by atoms with Crippen LogP contribution in [0.15, 0.2) is 53.3 Å². The van der Waals surface area contributed by atoms with Gasteiger partial charge in [-0.05, 0) is 49.6 Å². The van der Waals surface area contributed by atoms with Gasteiger partial charge in [0.1, 0.15) is 5.82 Å². The number of carbonyl (C=O) groups excluding carboxylic acids is 1. The second kappa shape index (κ2) is 8.60. The van der Waals surface area contributed by atoms with Gasteiger partial charge in [0.2, 0.25) is 0 Å². The van der Waals surface area contributed by atoms with E-state index in [2.05, 4.69) is 6.92 Å². The molecular formula is C24H27N3O2. The molecule has 0 bridgehead atoms. The van der Waals surface area contributed by atoms with Gasteiger partial charge in [-0.1, -0.05) is 38.0 Å². The Labute approximate surface area is 171 Å². The number of nitrogens with zero attached hydrogens (tertiary/aromatic N) is 3. The van der Waals surface area contributed by atoms with Gasteiger partial charge in [-0.3, -0.25) is 14.2 Å². The second-order valence-electron chi connectivity index (χ2n) is 7.67. The lowest BCUT2D eigenvalue weighted by Gasteiger charge is -2.23. The third kappa shape index (κ3) is 3.95. The van der Waals surface area contributed by atoms with Crippen molar-refractivity contribution in [2.75, 3.05) is 11.4 Å². The van der Waals surface area contributed by atoms with Gasteiger partial charge >= 0.3 is 0 Å². The maximum Gasteiger partial charge on any atom is 0.261 e. The number of aromatic nitrogens is 2. The molecule has 0 unspecified atom stereocenters. The summed E-state index contributed by atoms with van der Waals surface area (Å²) in [6.45, 7) is 3.51. The highest BCUT2D eigenvalue weighted by Crippen LogP contribution is 2.21. The summed E-state index contributed by atoms with van der Waals surface area (Å²) in [5, 5.41) is 0.590. The minimum Gasteiger partial charge on any atom is -0.308 e. The average Bonchev–Trinajstić information content (AvgIpc) is 3.00. The van der Waals surface area contributed by atoms with E-state index in [-0.39, 0.29) is 11.5 Å². The highest BCUT2D eigenvalue weighted by atomic mass is 16.2. The number of anilines is 1. The number of para-hydroxylation sites is 1. The molecule has 1 amide bonds. The molecule has 4 rings (SSSR count). The molecule has 0 fully saturated rings. The molecule has 0 N–H and O–H groups in total. The van der Waals surface area contributed by atoms with Crippen molar-refractivity contribution in [2.45, 2.75) is 52.0 Å². The summed E-state index contributed by atoms with van der Waals surface area (Å²) in [7, 11) is 0. The maximum absolute atomic E-state index is 13.3. The monoisotopic (exact) mass is 389 g/mol. The van der Waals surface area contributed by atoms with Crippen LogP contribution in [0.1, 0.15) is 55.2 Å². The Hall–Kier alpha value is -2.95. The van der Waals surface area contributed by atoms with Gasteiger partial charge in [0.25, 0.3) is 11.5 Å². The third-order valence-corrected chi connectivity index (χ3v) is 5.61. The van der Waals surface area contributed by atoms with E-state index in [1.807, 2.05) is 39.8 Å². The normalized spacial score (nSPS) is 13.7. The van der Waals surface area contributed by atoms with Crippen LogP contribution >= 0.6 is 0 Å². The zero-order chi connectivity index (χ0) is 20.2. The lowest BCUT2D eigenvalue weighted by Crippen LogP contribution is -2.32. The smallest absolute Gasteiger partial charge is 0.261 e. The first kappa shape index (κ1) is 19.4. The first-order chi connectivity index (χ1) is 14.2. The number of benzene rings is 2. The van der Waals surface area contributed by atoms with Crippen LogP contribution in [-0.4, -0.2) is 22.0 Å². The van der Waals surface area contributed by atoms with Crippen LogP contribution in [0.5, 0.6) is 0 Å². The largest absolute Gasteiger partial charge is 0.308 e. The molecule has 0 atom stereocenters. The second-order valence-corrected chi connectivity index (χ2v) is 7.67. The first-order valence-electron chi connectivity index (χ1n) is 10.6. The molecule has 0 saturated heterocycles. The quantitative estimate of drug-likeness (QED) is 0.642. The number of fused-ring (bicyclic) bond motifs is 2. The Morgan fingerprint density at radius 1 is 1.10 bits per heavy atom. The van der Waals surface area contributed by atoms with Crippen LogP contribution in [0.25, 0.3) is 10.9 Å². The standard InChI is InChI=1S/C24H27N3O2/c1-2-3-15-26(19-10-6-4-7-11-19)23(28)18-13-14-20-21(17-18)25-22-12-8-5-9-16-27(22)24(20)29/h4,6-7,10-11,13-14,17H,2-3,5,8-9,12,15-16H2,1H3. The van der Waals surface area contributed by atoms with Crippen molar-refractivity contribution in [2.24, 2.45) is 0 Å². The SMILES string of the molecule is CCCCN(C(=O)c1ccc2c(=O)n3c(nc2c1)CCCCC3)c1ccccc1. The number of aryl methyl sites for hydroxylation is 1. The molecule has 3 aromatic rings. The van der Waals surface area contributed by atoms with E-state index in [1.54, 1.807) is 18.2 Å². The van der Waals surface area contributed by atoms with Crippen molar-refractivity contribution in [3.8, 4) is 0 Å². The molecular weight excluding hydrogens is 362 g/mol. The van der Waals surface area contributed by atoms with Crippen molar-refractivity contribution in [1.82, 2.24) is 9.55 Å². The van der Waals surface area contributed by atoms with Gasteiger partial charge < -0.3 is 4.90 Å². The molecule has 0 aliphatic carbocycles. The summed E-state index contributed by atoms with van der Waals surface area (Å²) in [5.74, 6) is 0.791. The van der Waals surface area contributed by atoms with Gasteiger partial charge in [0.05, 0.1) is 10.9 Å². The zero-order valence-corrected chi connectivity index (χ0v) is 16.9. The van der Waals surface area contributed by atoms with Crippen molar-refractivity contribution in [3.05, 3.63) is 70.3 Å². The van der Waals surface area contributed by atoms with Gasteiger partial charge in [0, 0.05) is 30.8 Å². The molecule has 1 aliphatic heterocycles. The van der Waals surface area contributed by atoms with Gasteiger partial charge in [-0.2, -0.15) is 0 Å². The highest BCUT2D eigenvalue weighted by molar-refractivity contribution is 6.07. The lowest BCUT2D eigenvalue weighted by atomic mass is 10.1. The van der Waals surface area contributed by atoms with Crippen molar-refractivity contribution in [3.63, 3.8) is 0 Å². The number of carbonyl (C=O) groups is 1. The van der Waals surface area contributed by atoms with Crippen LogP contribution in [0.3, 0.4) is 0 Å². The molecule has 5 heteroatoms. The molecule has 2 heterocycles. The Bertz CT molecular complexity index is 1070. The fourth-order valence-electron chi connectivity index (χ4n) is 3.98. The first-order valence-corrected chi connectivity index (χ1v) is 10.6. The molecule has 2 aromatic carbocycles. The molecule has 0 saturated carbocycles. The topological polar surface area (TPSA) is 55.2 Å². The molecule has 1 aliphatic rings. The summed E-state index contributed by atoms with van der Waals surface area (Å²) in [6, 6.07) is 15.1. The predicted octanol–water partition coefficient (Wildman–Crippen LogP) is 4.57. The van der Waals surface area contributed by atoms with Crippen molar-refractivity contribution in [1.29, 1.82) is 0 Å². The summed E-state index contributed by atoms with van der Waals surface area (Å²) in [6.07, 6.45) is 5.94. The number of rotatable bonds is 5. The van der Waals surface area contributed by atoms with E-state index in [0.717, 1.165) is 56.6 Å². The Balaban J connectivity index is 1.74. The molecule has 0 spiro atoms. The highest BCUT2D eigenvalue weighted by Gasteiger charge is 2.19.